The van der Waals surface area contributed by atoms with Crippen LogP contribution >= 0.6 is 0 Å². The maximum Gasteiger partial charge on any atom is 0.272 e. The molecule has 1 aromatic carbocycles. The summed E-state index contributed by atoms with van der Waals surface area (Å²) >= 11 is 0. The summed E-state index contributed by atoms with van der Waals surface area (Å²) in [5.74, 6) is 0.711. The van der Waals surface area contributed by atoms with Gasteiger partial charge in [0.25, 0.3) is 5.91 Å². The monoisotopic (exact) mass is 420 g/mol. The Morgan fingerprint density at radius 1 is 1.16 bits per heavy atom. The minimum absolute atomic E-state index is 0.0696. The molecule has 5 rings (SSSR count). The SMILES string of the molecule is Cn1cc(-c2ccc3c(c2)C(C(=O)NC2CCC(CN4CCCC4)CC2)=NNC3)cn1. The molecule has 1 aliphatic carbocycles. The van der Waals surface area contributed by atoms with Crippen molar-refractivity contribution >= 4 is 11.6 Å². The molecule has 1 saturated heterocycles. The third-order valence-electron chi connectivity index (χ3n) is 6.98. The number of hydrazone groups is 1. The van der Waals surface area contributed by atoms with Gasteiger partial charge in [-0.15, -0.1) is 0 Å². The molecular formula is C24H32N6O. The van der Waals surface area contributed by atoms with Gasteiger partial charge < -0.3 is 15.6 Å². The van der Waals surface area contributed by atoms with E-state index >= 15 is 0 Å². The first kappa shape index (κ1) is 20.2. The standard InChI is InChI=1S/C24H32N6O/c1-29-16-20(14-26-29)18-6-7-19-13-25-28-23(22(19)12-18)24(31)27-21-8-4-17(5-9-21)15-30-10-2-3-11-30/h6-7,12,14,16-17,21,25H,2-5,8-11,13,15H2,1H3,(H,27,31). The molecule has 31 heavy (non-hydrogen) atoms. The number of hydrogen-bond acceptors (Lipinski definition) is 5. The number of rotatable bonds is 5. The van der Waals surface area contributed by atoms with Crippen LogP contribution < -0.4 is 10.7 Å². The van der Waals surface area contributed by atoms with Gasteiger partial charge in [0.2, 0.25) is 0 Å². The number of nitrogens with one attached hydrogen (secondary N) is 2. The molecule has 3 aliphatic rings. The van der Waals surface area contributed by atoms with Crippen LogP contribution in [-0.2, 0) is 18.4 Å². The van der Waals surface area contributed by atoms with Crippen molar-refractivity contribution in [2.45, 2.75) is 51.1 Å². The van der Waals surface area contributed by atoms with Crippen molar-refractivity contribution in [1.29, 1.82) is 0 Å². The zero-order valence-electron chi connectivity index (χ0n) is 18.3. The molecule has 2 fully saturated rings. The molecule has 1 aromatic heterocycles. The van der Waals surface area contributed by atoms with E-state index in [0.29, 0.717) is 12.3 Å². The Kier molecular flexibility index (Phi) is 5.76. The maximum absolute atomic E-state index is 13.1. The molecule has 2 N–H and O–H groups in total. The molecule has 0 radical (unpaired) electrons. The minimum atomic E-state index is -0.0696. The first-order valence-corrected chi connectivity index (χ1v) is 11.6. The molecule has 164 valence electrons. The highest BCUT2D eigenvalue weighted by molar-refractivity contribution is 6.46. The van der Waals surface area contributed by atoms with Crippen molar-refractivity contribution < 1.29 is 4.79 Å². The van der Waals surface area contributed by atoms with Gasteiger partial charge >= 0.3 is 0 Å². The Morgan fingerprint density at radius 3 is 2.71 bits per heavy atom. The number of amides is 1. The van der Waals surface area contributed by atoms with Crippen LogP contribution in [0.4, 0.5) is 0 Å². The summed E-state index contributed by atoms with van der Waals surface area (Å²) in [5, 5.41) is 11.9. The van der Waals surface area contributed by atoms with E-state index in [0.717, 1.165) is 41.0 Å². The van der Waals surface area contributed by atoms with Crippen molar-refractivity contribution in [1.82, 2.24) is 25.4 Å². The second-order valence-corrected chi connectivity index (χ2v) is 9.27. The van der Waals surface area contributed by atoms with Crippen LogP contribution in [0, 0.1) is 5.92 Å². The molecule has 3 heterocycles. The molecule has 0 bridgehead atoms. The van der Waals surface area contributed by atoms with Crippen molar-refractivity contribution in [2.75, 3.05) is 19.6 Å². The summed E-state index contributed by atoms with van der Waals surface area (Å²) in [4.78, 5) is 15.7. The van der Waals surface area contributed by atoms with Crippen LogP contribution in [0.5, 0.6) is 0 Å². The van der Waals surface area contributed by atoms with Gasteiger partial charge in [-0.3, -0.25) is 9.48 Å². The Labute approximate surface area is 183 Å². The minimum Gasteiger partial charge on any atom is -0.348 e. The summed E-state index contributed by atoms with van der Waals surface area (Å²) in [6.07, 6.45) is 11.1. The highest BCUT2D eigenvalue weighted by atomic mass is 16.2. The van der Waals surface area contributed by atoms with Crippen LogP contribution in [0.1, 0.15) is 49.7 Å². The summed E-state index contributed by atoms with van der Waals surface area (Å²) < 4.78 is 1.79. The molecule has 0 atom stereocenters. The normalized spacial score (nSPS) is 23.7. The van der Waals surface area contributed by atoms with Gasteiger partial charge in [0.05, 0.1) is 12.7 Å². The van der Waals surface area contributed by atoms with Gasteiger partial charge in [-0.1, -0.05) is 12.1 Å². The quantitative estimate of drug-likeness (QED) is 0.780. The third-order valence-corrected chi connectivity index (χ3v) is 6.98. The van der Waals surface area contributed by atoms with E-state index in [2.05, 4.69) is 44.0 Å². The molecule has 1 amide bonds. The molecule has 0 spiro atoms. The van der Waals surface area contributed by atoms with Crippen LogP contribution in [0.15, 0.2) is 35.7 Å². The highest BCUT2D eigenvalue weighted by Gasteiger charge is 2.28. The summed E-state index contributed by atoms with van der Waals surface area (Å²) in [6, 6.07) is 6.48. The summed E-state index contributed by atoms with van der Waals surface area (Å²) in [5.41, 5.74) is 7.63. The van der Waals surface area contributed by atoms with Gasteiger partial charge in [0, 0.05) is 37.0 Å². The summed E-state index contributed by atoms with van der Waals surface area (Å²) in [6.45, 7) is 4.41. The Morgan fingerprint density at radius 2 is 1.97 bits per heavy atom. The fourth-order valence-electron chi connectivity index (χ4n) is 5.21. The lowest BCUT2D eigenvalue weighted by atomic mass is 9.85. The molecule has 1 saturated carbocycles. The lowest BCUT2D eigenvalue weighted by Gasteiger charge is -2.31. The van der Waals surface area contributed by atoms with E-state index in [9.17, 15) is 4.79 Å². The fourth-order valence-corrected chi connectivity index (χ4v) is 5.21. The Balaban J connectivity index is 1.23. The third kappa shape index (κ3) is 4.51. The highest BCUT2D eigenvalue weighted by Crippen LogP contribution is 2.27. The van der Waals surface area contributed by atoms with Crippen LogP contribution in [0.2, 0.25) is 0 Å². The number of nitrogens with zero attached hydrogens (tertiary/aromatic N) is 4. The van der Waals surface area contributed by atoms with Crippen molar-refractivity contribution in [3.05, 3.63) is 41.7 Å². The average molecular weight is 421 g/mol. The van der Waals surface area contributed by atoms with Gasteiger partial charge in [0.1, 0.15) is 0 Å². The number of carbonyl (C=O) groups excluding carboxylic acids is 1. The second kappa shape index (κ2) is 8.83. The molecule has 7 nitrogen and oxygen atoms in total. The molecule has 0 unspecified atom stereocenters. The van der Waals surface area contributed by atoms with Gasteiger partial charge in [0.15, 0.2) is 5.71 Å². The van der Waals surface area contributed by atoms with E-state index in [1.54, 1.807) is 4.68 Å². The largest absolute Gasteiger partial charge is 0.348 e. The van der Waals surface area contributed by atoms with E-state index in [1.807, 2.05) is 19.4 Å². The predicted octanol–water partition coefficient (Wildman–Crippen LogP) is 2.67. The van der Waals surface area contributed by atoms with Crippen molar-refractivity contribution in [3.63, 3.8) is 0 Å². The van der Waals surface area contributed by atoms with Crippen LogP contribution in [0.3, 0.4) is 0 Å². The lowest BCUT2D eigenvalue weighted by Crippen LogP contribution is -2.44. The average Bonchev–Trinajstić information content (AvgIpc) is 3.46. The van der Waals surface area contributed by atoms with Gasteiger partial charge in [-0.2, -0.15) is 10.2 Å². The first-order valence-electron chi connectivity index (χ1n) is 11.6. The molecular weight excluding hydrogens is 388 g/mol. The van der Waals surface area contributed by atoms with Crippen molar-refractivity contribution in [2.24, 2.45) is 18.1 Å². The molecule has 2 aromatic rings. The number of aromatic nitrogens is 2. The topological polar surface area (TPSA) is 74.6 Å². The smallest absolute Gasteiger partial charge is 0.272 e. The number of benzene rings is 1. The number of aryl methyl sites for hydroxylation is 1. The Hall–Kier alpha value is -2.67. The molecule has 7 heteroatoms. The second-order valence-electron chi connectivity index (χ2n) is 9.27. The zero-order valence-corrected chi connectivity index (χ0v) is 18.3. The Bertz CT molecular complexity index is 966. The lowest BCUT2D eigenvalue weighted by molar-refractivity contribution is -0.115. The number of fused-ring (bicyclic) bond motifs is 1. The first-order chi connectivity index (χ1) is 15.2. The van der Waals surface area contributed by atoms with E-state index < -0.39 is 0 Å². The van der Waals surface area contributed by atoms with E-state index in [1.165, 1.54) is 45.3 Å². The summed E-state index contributed by atoms with van der Waals surface area (Å²) in [7, 11) is 1.91. The number of carbonyl (C=O) groups is 1. The molecule has 2 aliphatic heterocycles. The van der Waals surface area contributed by atoms with Gasteiger partial charge in [-0.05, 0) is 74.7 Å². The predicted molar refractivity (Wildman–Crippen MR) is 122 cm³/mol. The number of likely N-dealkylation sites (tertiary alicyclic amines) is 1. The fraction of sp³-hybridized carbons (Fsp3) is 0.542. The van der Waals surface area contributed by atoms with Crippen LogP contribution in [-0.4, -0.2) is 52.0 Å². The van der Waals surface area contributed by atoms with Crippen molar-refractivity contribution in [3.8, 4) is 11.1 Å². The van der Waals surface area contributed by atoms with E-state index in [4.69, 9.17) is 0 Å². The number of hydrogen-bond donors (Lipinski definition) is 2. The van der Waals surface area contributed by atoms with E-state index in [-0.39, 0.29) is 11.9 Å². The van der Waals surface area contributed by atoms with Gasteiger partial charge in [-0.25, -0.2) is 0 Å². The van der Waals surface area contributed by atoms with Crippen LogP contribution in [0.25, 0.3) is 11.1 Å². The maximum atomic E-state index is 13.1. The zero-order chi connectivity index (χ0) is 21.2.